The van der Waals surface area contributed by atoms with Gasteiger partial charge in [0.2, 0.25) is 5.82 Å². The van der Waals surface area contributed by atoms with Crippen molar-refractivity contribution in [1.29, 1.82) is 0 Å². The number of ether oxygens (including phenoxy) is 1. The molecule has 1 atom stereocenters. The number of hydrogen-bond acceptors (Lipinski definition) is 5. The molecule has 0 saturated carbocycles. The third kappa shape index (κ3) is 4.30. The molecule has 0 aliphatic carbocycles. The molecular formula is C12H18FN3O4. The summed E-state index contributed by atoms with van der Waals surface area (Å²) in [6.07, 6.45) is 1.27. The number of likely N-dealkylation sites (N-methyl/N-ethyl adjacent to an activating group) is 1. The molecule has 0 aliphatic heterocycles. The van der Waals surface area contributed by atoms with Gasteiger partial charge in [-0.3, -0.25) is 19.1 Å². The molecule has 1 heterocycles. The van der Waals surface area contributed by atoms with Crippen LogP contribution in [0.25, 0.3) is 0 Å². The Hall–Kier alpha value is -1.96. The van der Waals surface area contributed by atoms with Crippen molar-refractivity contribution in [1.82, 2.24) is 14.9 Å². The van der Waals surface area contributed by atoms with Crippen molar-refractivity contribution in [2.75, 3.05) is 7.05 Å². The number of hydrogen-bond donors (Lipinski definition) is 2. The lowest BCUT2D eigenvalue weighted by Crippen LogP contribution is -2.38. The van der Waals surface area contributed by atoms with Crippen molar-refractivity contribution < 1.29 is 13.9 Å². The topological polar surface area (TPSA) is 93.2 Å². The minimum Gasteiger partial charge on any atom is -0.443 e. The predicted octanol–water partition coefficient (Wildman–Crippen LogP) is -0.189. The van der Waals surface area contributed by atoms with Gasteiger partial charge in [-0.2, -0.15) is 4.39 Å². The lowest BCUT2D eigenvalue weighted by atomic mass is 10.0. The lowest BCUT2D eigenvalue weighted by Gasteiger charge is -2.17. The summed E-state index contributed by atoms with van der Waals surface area (Å²) in [5.74, 6) is -1.37. The van der Waals surface area contributed by atoms with Crippen molar-refractivity contribution in [2.24, 2.45) is 5.92 Å². The Morgan fingerprint density at radius 2 is 2.15 bits per heavy atom. The van der Waals surface area contributed by atoms with Crippen LogP contribution in [0.2, 0.25) is 0 Å². The van der Waals surface area contributed by atoms with Gasteiger partial charge in [0.15, 0.2) is 6.73 Å². The number of nitrogens with one attached hydrogen (secondary N) is 2. The largest absolute Gasteiger partial charge is 0.443 e. The first-order chi connectivity index (χ1) is 9.35. The molecule has 0 amide bonds. The number of H-pyrrole nitrogens is 1. The molecule has 8 heteroatoms. The fourth-order valence-electron chi connectivity index (χ4n) is 1.62. The Morgan fingerprint density at radius 1 is 1.50 bits per heavy atom. The van der Waals surface area contributed by atoms with E-state index in [1.54, 1.807) is 12.0 Å². The fourth-order valence-corrected chi connectivity index (χ4v) is 1.62. The van der Waals surface area contributed by atoms with Gasteiger partial charge in [-0.15, -0.1) is 0 Å². The average Bonchev–Trinajstić information content (AvgIpc) is 2.38. The number of esters is 1. The molecule has 0 aromatic carbocycles. The number of rotatable bonds is 6. The summed E-state index contributed by atoms with van der Waals surface area (Å²) < 4.78 is 18.7. The average molecular weight is 287 g/mol. The molecule has 1 rings (SSSR count). The van der Waals surface area contributed by atoms with Gasteiger partial charge in [0.1, 0.15) is 6.04 Å². The molecule has 1 aromatic rings. The zero-order chi connectivity index (χ0) is 15.3. The Morgan fingerprint density at radius 3 is 2.70 bits per heavy atom. The van der Waals surface area contributed by atoms with Crippen LogP contribution in [0.15, 0.2) is 15.8 Å². The van der Waals surface area contributed by atoms with Crippen LogP contribution in [0.1, 0.15) is 20.3 Å². The smallest absolute Gasteiger partial charge is 0.331 e. The molecule has 0 radical (unpaired) electrons. The number of aromatic amines is 1. The van der Waals surface area contributed by atoms with Gasteiger partial charge in [-0.25, -0.2) is 4.79 Å². The quantitative estimate of drug-likeness (QED) is 0.707. The second-order valence-electron chi connectivity index (χ2n) is 4.77. The van der Waals surface area contributed by atoms with Crippen LogP contribution in [0.4, 0.5) is 4.39 Å². The molecule has 20 heavy (non-hydrogen) atoms. The molecule has 112 valence electrons. The van der Waals surface area contributed by atoms with Crippen LogP contribution in [-0.4, -0.2) is 28.6 Å². The minimum atomic E-state index is -1.12. The van der Waals surface area contributed by atoms with E-state index in [2.05, 4.69) is 5.32 Å². The second-order valence-corrected chi connectivity index (χ2v) is 4.77. The molecule has 0 fully saturated rings. The summed E-state index contributed by atoms with van der Waals surface area (Å²) in [7, 11) is 1.63. The third-order valence-corrected chi connectivity index (χ3v) is 2.65. The van der Waals surface area contributed by atoms with Gasteiger partial charge in [-0.05, 0) is 19.4 Å². The summed E-state index contributed by atoms with van der Waals surface area (Å²) >= 11 is 0. The molecule has 0 unspecified atom stereocenters. The van der Waals surface area contributed by atoms with Crippen molar-refractivity contribution in [2.45, 2.75) is 33.0 Å². The highest BCUT2D eigenvalue weighted by Gasteiger charge is 2.19. The summed E-state index contributed by atoms with van der Waals surface area (Å²) in [6.45, 7) is 3.46. The monoisotopic (exact) mass is 287 g/mol. The first-order valence-electron chi connectivity index (χ1n) is 6.18. The Labute approximate surface area is 114 Å². The van der Waals surface area contributed by atoms with Crippen LogP contribution in [-0.2, 0) is 16.3 Å². The zero-order valence-electron chi connectivity index (χ0n) is 11.6. The number of nitrogens with zero attached hydrogens (tertiary/aromatic N) is 1. The number of aromatic nitrogens is 2. The highest BCUT2D eigenvalue weighted by molar-refractivity contribution is 5.75. The number of carbonyl (C=O) groups excluding carboxylic acids is 1. The van der Waals surface area contributed by atoms with E-state index in [0.717, 1.165) is 4.57 Å². The Balaban J connectivity index is 2.72. The van der Waals surface area contributed by atoms with Gasteiger partial charge in [0.05, 0.1) is 6.20 Å². The van der Waals surface area contributed by atoms with Crippen molar-refractivity contribution >= 4 is 5.97 Å². The zero-order valence-corrected chi connectivity index (χ0v) is 11.6. The Kier molecular flexibility index (Phi) is 5.63. The van der Waals surface area contributed by atoms with Crippen LogP contribution in [0.5, 0.6) is 0 Å². The standard InChI is InChI=1S/C12H18FN3O4/c1-7(2)4-9(14-3)11(18)20-6-16-5-8(13)10(17)15-12(16)19/h5,7,9,14H,4,6H2,1-3H3,(H,15,17,19)/t9-/m0/s1. The molecule has 7 nitrogen and oxygen atoms in total. The van der Waals surface area contributed by atoms with E-state index in [-0.39, 0.29) is 5.92 Å². The van der Waals surface area contributed by atoms with E-state index in [1.165, 1.54) is 0 Å². The molecule has 0 saturated heterocycles. The van der Waals surface area contributed by atoms with Gasteiger partial charge in [0.25, 0.3) is 5.56 Å². The molecule has 1 aromatic heterocycles. The molecule has 0 spiro atoms. The molecular weight excluding hydrogens is 269 g/mol. The first kappa shape index (κ1) is 16.1. The van der Waals surface area contributed by atoms with Gasteiger partial charge in [-0.1, -0.05) is 13.8 Å². The van der Waals surface area contributed by atoms with Crippen LogP contribution in [0, 0.1) is 11.7 Å². The minimum absolute atomic E-state index is 0.285. The van der Waals surface area contributed by atoms with Crippen molar-refractivity contribution in [3.63, 3.8) is 0 Å². The van der Waals surface area contributed by atoms with E-state index in [4.69, 9.17) is 4.74 Å². The second kappa shape index (κ2) is 6.99. The van der Waals surface area contributed by atoms with Crippen LogP contribution >= 0.6 is 0 Å². The van der Waals surface area contributed by atoms with Gasteiger partial charge >= 0.3 is 11.7 Å². The normalized spacial score (nSPS) is 12.4. The lowest BCUT2D eigenvalue weighted by molar-refractivity contribution is -0.150. The summed E-state index contributed by atoms with van der Waals surface area (Å²) in [6, 6.07) is -0.502. The SMILES string of the molecule is CN[C@@H](CC(C)C)C(=O)OCn1cc(F)c(=O)[nH]c1=O. The molecule has 0 bridgehead atoms. The maximum absolute atomic E-state index is 13.0. The maximum Gasteiger partial charge on any atom is 0.331 e. The molecule has 0 aliphatic rings. The summed E-state index contributed by atoms with van der Waals surface area (Å²) in [5.41, 5.74) is -1.94. The van der Waals surface area contributed by atoms with E-state index in [1.807, 2.05) is 13.8 Å². The predicted molar refractivity (Wildman–Crippen MR) is 69.7 cm³/mol. The number of halogens is 1. The van der Waals surface area contributed by atoms with Crippen LogP contribution in [0.3, 0.4) is 0 Å². The summed E-state index contributed by atoms with van der Waals surface area (Å²) in [5, 5.41) is 2.81. The van der Waals surface area contributed by atoms with E-state index in [0.29, 0.717) is 12.6 Å². The number of carbonyl (C=O) groups is 1. The summed E-state index contributed by atoms with van der Waals surface area (Å²) in [4.78, 5) is 35.8. The van der Waals surface area contributed by atoms with Crippen molar-refractivity contribution in [3.8, 4) is 0 Å². The fraction of sp³-hybridized carbons (Fsp3) is 0.583. The molecule has 2 N–H and O–H groups in total. The van der Waals surface area contributed by atoms with Crippen LogP contribution < -0.4 is 16.6 Å². The highest BCUT2D eigenvalue weighted by atomic mass is 19.1. The van der Waals surface area contributed by atoms with E-state index >= 15 is 0 Å². The van der Waals surface area contributed by atoms with E-state index in [9.17, 15) is 18.8 Å². The first-order valence-corrected chi connectivity index (χ1v) is 6.18. The van der Waals surface area contributed by atoms with E-state index < -0.39 is 35.8 Å². The van der Waals surface area contributed by atoms with Gasteiger partial charge < -0.3 is 10.1 Å². The maximum atomic E-state index is 13.0. The third-order valence-electron chi connectivity index (χ3n) is 2.65. The highest BCUT2D eigenvalue weighted by Crippen LogP contribution is 2.06. The Bertz CT molecular complexity index is 579. The van der Waals surface area contributed by atoms with Gasteiger partial charge in [0, 0.05) is 0 Å². The van der Waals surface area contributed by atoms with Crippen molar-refractivity contribution in [3.05, 3.63) is 32.9 Å².